The minimum Gasteiger partial charge on any atom is -0.378 e. The quantitative estimate of drug-likeness (QED) is 0.783. The Kier molecular flexibility index (Phi) is 7.25. The zero-order valence-corrected chi connectivity index (χ0v) is 17.2. The van der Waals surface area contributed by atoms with Crippen LogP contribution in [0, 0.1) is 6.92 Å². The van der Waals surface area contributed by atoms with E-state index in [9.17, 15) is 9.59 Å². The summed E-state index contributed by atoms with van der Waals surface area (Å²) in [5.41, 5.74) is 4.02. The Labute approximate surface area is 172 Å². The number of carbonyl (C=O) groups is 2. The number of para-hydroxylation sites is 2. The highest BCUT2D eigenvalue weighted by Crippen LogP contribution is 2.29. The minimum atomic E-state index is -0.0429. The molecule has 2 aromatic rings. The highest BCUT2D eigenvalue weighted by Gasteiger charge is 2.20. The lowest BCUT2D eigenvalue weighted by molar-refractivity contribution is -0.121. The Morgan fingerprint density at radius 2 is 1.86 bits per heavy atom. The lowest BCUT2D eigenvalue weighted by atomic mass is 10.1. The van der Waals surface area contributed by atoms with Crippen molar-refractivity contribution < 1.29 is 14.3 Å². The summed E-state index contributed by atoms with van der Waals surface area (Å²) in [7, 11) is 0. The number of hydrogen-bond donors (Lipinski definition) is 1. The average molecular weight is 396 g/mol. The van der Waals surface area contributed by atoms with Gasteiger partial charge in [0.25, 0.3) is 0 Å². The van der Waals surface area contributed by atoms with E-state index in [0.29, 0.717) is 32.7 Å². The molecule has 1 heterocycles. The van der Waals surface area contributed by atoms with Crippen molar-refractivity contribution in [3.8, 4) is 0 Å². The maximum Gasteiger partial charge on any atom is 0.224 e. The van der Waals surface area contributed by atoms with E-state index in [1.165, 1.54) is 0 Å². The molecular formula is C23H29N3O3. The summed E-state index contributed by atoms with van der Waals surface area (Å²) in [6.07, 6.45) is 0.339. The number of morpholine rings is 1. The van der Waals surface area contributed by atoms with E-state index in [4.69, 9.17) is 4.74 Å². The van der Waals surface area contributed by atoms with Gasteiger partial charge in [0.05, 0.1) is 31.0 Å². The molecule has 29 heavy (non-hydrogen) atoms. The first-order valence-electron chi connectivity index (χ1n) is 10.1. The van der Waals surface area contributed by atoms with Crippen molar-refractivity contribution in [3.05, 3.63) is 59.7 Å². The number of amides is 2. The Hall–Kier alpha value is -2.86. The maximum absolute atomic E-state index is 12.4. The Morgan fingerprint density at radius 3 is 2.59 bits per heavy atom. The van der Waals surface area contributed by atoms with Gasteiger partial charge in [0.1, 0.15) is 0 Å². The van der Waals surface area contributed by atoms with Gasteiger partial charge in [-0.15, -0.1) is 0 Å². The molecule has 2 aromatic carbocycles. The van der Waals surface area contributed by atoms with Gasteiger partial charge >= 0.3 is 0 Å². The second kappa shape index (κ2) is 10.1. The van der Waals surface area contributed by atoms with E-state index in [-0.39, 0.29) is 11.8 Å². The van der Waals surface area contributed by atoms with Crippen LogP contribution in [0.3, 0.4) is 0 Å². The van der Waals surface area contributed by atoms with Crippen LogP contribution in [0.2, 0.25) is 0 Å². The number of rotatable bonds is 7. The van der Waals surface area contributed by atoms with Crippen LogP contribution in [0.15, 0.2) is 48.5 Å². The molecule has 0 aliphatic carbocycles. The van der Waals surface area contributed by atoms with E-state index in [1.807, 2.05) is 55.5 Å². The van der Waals surface area contributed by atoms with Gasteiger partial charge in [0.2, 0.25) is 11.8 Å². The molecule has 0 unspecified atom stereocenters. The number of benzene rings is 2. The third-order valence-electron chi connectivity index (χ3n) is 5.01. The standard InChI is InChI=1S/C23H29N3O3/c1-18-6-5-7-20(16-18)17-23(28)24-10-11-26(19(2)27)22-9-4-3-8-21(22)25-12-14-29-15-13-25/h3-9,16H,10-15,17H2,1-2H3,(H,24,28). The van der Waals surface area contributed by atoms with Gasteiger partial charge in [-0.05, 0) is 24.6 Å². The SMILES string of the molecule is CC(=O)N(CCNC(=O)Cc1cccc(C)c1)c1ccccc1N1CCOCC1. The van der Waals surface area contributed by atoms with Crippen LogP contribution in [0.1, 0.15) is 18.1 Å². The summed E-state index contributed by atoms with van der Waals surface area (Å²) in [4.78, 5) is 28.6. The van der Waals surface area contributed by atoms with Crippen LogP contribution in [-0.2, 0) is 20.7 Å². The molecule has 1 aliphatic rings. The fourth-order valence-electron chi connectivity index (χ4n) is 3.59. The topological polar surface area (TPSA) is 61.9 Å². The molecule has 0 saturated carbocycles. The summed E-state index contributed by atoms with van der Waals surface area (Å²) < 4.78 is 5.45. The van der Waals surface area contributed by atoms with E-state index >= 15 is 0 Å². The van der Waals surface area contributed by atoms with Crippen molar-refractivity contribution in [2.75, 3.05) is 49.2 Å². The van der Waals surface area contributed by atoms with Crippen molar-refractivity contribution in [2.24, 2.45) is 0 Å². The van der Waals surface area contributed by atoms with Crippen LogP contribution < -0.4 is 15.1 Å². The van der Waals surface area contributed by atoms with E-state index in [0.717, 1.165) is 35.6 Å². The molecule has 0 bridgehead atoms. The molecule has 1 saturated heterocycles. The zero-order valence-electron chi connectivity index (χ0n) is 17.2. The van der Waals surface area contributed by atoms with Gasteiger partial charge in [-0.3, -0.25) is 9.59 Å². The highest BCUT2D eigenvalue weighted by molar-refractivity contribution is 5.95. The van der Waals surface area contributed by atoms with Gasteiger partial charge in [0, 0.05) is 33.1 Å². The molecule has 0 aromatic heterocycles. The predicted octanol–water partition coefficient (Wildman–Crippen LogP) is 2.54. The first kappa shape index (κ1) is 20.9. The lowest BCUT2D eigenvalue weighted by Crippen LogP contribution is -2.41. The maximum atomic E-state index is 12.4. The molecule has 154 valence electrons. The number of anilines is 2. The Balaban J connectivity index is 1.62. The predicted molar refractivity (Wildman–Crippen MR) is 115 cm³/mol. The third-order valence-corrected chi connectivity index (χ3v) is 5.01. The summed E-state index contributed by atoms with van der Waals surface area (Å²) >= 11 is 0. The molecule has 1 aliphatic heterocycles. The van der Waals surface area contributed by atoms with Gasteiger partial charge in [0.15, 0.2) is 0 Å². The number of nitrogens with one attached hydrogen (secondary N) is 1. The molecule has 3 rings (SSSR count). The zero-order chi connectivity index (χ0) is 20.6. The molecule has 2 amide bonds. The number of hydrogen-bond acceptors (Lipinski definition) is 4. The van der Waals surface area contributed by atoms with Crippen molar-refractivity contribution in [3.63, 3.8) is 0 Å². The fourth-order valence-corrected chi connectivity index (χ4v) is 3.59. The second-order valence-corrected chi connectivity index (χ2v) is 7.27. The van der Waals surface area contributed by atoms with Crippen LogP contribution >= 0.6 is 0 Å². The third kappa shape index (κ3) is 5.81. The van der Waals surface area contributed by atoms with E-state index in [2.05, 4.69) is 10.2 Å². The molecule has 6 heteroatoms. The van der Waals surface area contributed by atoms with E-state index in [1.54, 1.807) is 11.8 Å². The summed E-state index contributed by atoms with van der Waals surface area (Å²) in [5, 5.41) is 2.94. The largest absolute Gasteiger partial charge is 0.378 e. The number of aryl methyl sites for hydroxylation is 1. The average Bonchev–Trinajstić information content (AvgIpc) is 2.72. The number of nitrogens with zero attached hydrogens (tertiary/aromatic N) is 2. The molecular weight excluding hydrogens is 366 g/mol. The number of carbonyl (C=O) groups excluding carboxylic acids is 2. The van der Waals surface area contributed by atoms with Crippen molar-refractivity contribution >= 4 is 23.2 Å². The monoisotopic (exact) mass is 395 g/mol. The molecule has 0 spiro atoms. The lowest BCUT2D eigenvalue weighted by Gasteiger charge is -2.33. The van der Waals surface area contributed by atoms with Gasteiger partial charge in [-0.25, -0.2) is 0 Å². The summed E-state index contributed by atoms with van der Waals surface area (Å²) in [6.45, 7) is 7.37. The fraction of sp³-hybridized carbons (Fsp3) is 0.391. The second-order valence-electron chi connectivity index (χ2n) is 7.27. The van der Waals surface area contributed by atoms with Gasteiger partial charge in [-0.2, -0.15) is 0 Å². The number of ether oxygens (including phenoxy) is 1. The van der Waals surface area contributed by atoms with Crippen molar-refractivity contribution in [1.82, 2.24) is 5.32 Å². The van der Waals surface area contributed by atoms with Crippen LogP contribution in [0.4, 0.5) is 11.4 Å². The summed E-state index contributed by atoms with van der Waals surface area (Å²) in [5.74, 6) is -0.0841. The van der Waals surface area contributed by atoms with Crippen molar-refractivity contribution in [2.45, 2.75) is 20.3 Å². The minimum absolute atomic E-state index is 0.0411. The van der Waals surface area contributed by atoms with Gasteiger partial charge < -0.3 is 19.9 Å². The van der Waals surface area contributed by atoms with Gasteiger partial charge in [-0.1, -0.05) is 42.0 Å². The van der Waals surface area contributed by atoms with E-state index < -0.39 is 0 Å². The molecule has 1 fully saturated rings. The molecule has 0 radical (unpaired) electrons. The van der Waals surface area contributed by atoms with Crippen LogP contribution in [0.25, 0.3) is 0 Å². The van der Waals surface area contributed by atoms with Crippen LogP contribution in [-0.4, -0.2) is 51.2 Å². The normalized spacial score (nSPS) is 13.8. The smallest absolute Gasteiger partial charge is 0.224 e. The highest BCUT2D eigenvalue weighted by atomic mass is 16.5. The summed E-state index contributed by atoms with van der Waals surface area (Å²) in [6, 6.07) is 15.8. The molecule has 6 nitrogen and oxygen atoms in total. The van der Waals surface area contributed by atoms with Crippen LogP contribution in [0.5, 0.6) is 0 Å². The first-order chi connectivity index (χ1) is 14.0. The Morgan fingerprint density at radius 1 is 1.10 bits per heavy atom. The molecule has 0 atom stereocenters. The Bertz CT molecular complexity index is 847. The van der Waals surface area contributed by atoms with Crippen molar-refractivity contribution in [1.29, 1.82) is 0 Å². The molecule has 1 N–H and O–H groups in total. The first-order valence-corrected chi connectivity index (χ1v) is 10.1.